The van der Waals surface area contributed by atoms with Crippen LogP contribution in [-0.4, -0.2) is 34.1 Å². The van der Waals surface area contributed by atoms with Crippen LogP contribution in [0, 0.1) is 0 Å². The van der Waals surface area contributed by atoms with Gasteiger partial charge in [-0.2, -0.15) is 0 Å². The first-order valence-corrected chi connectivity index (χ1v) is 6.86. The van der Waals surface area contributed by atoms with Crippen LogP contribution in [0.5, 0.6) is 0 Å². The molecular weight excluding hydrogens is 272 g/mol. The van der Waals surface area contributed by atoms with Crippen LogP contribution < -0.4 is 0 Å². The Balaban J connectivity index is 3.26. The molecule has 0 amide bonds. The van der Waals surface area contributed by atoms with Gasteiger partial charge in [0.1, 0.15) is 4.75 Å². The summed E-state index contributed by atoms with van der Waals surface area (Å²) in [4.78, 5) is 20.4. The number of aliphatic carboxylic acids is 1. The Bertz CT molecular complexity index is 563. The third-order valence-corrected chi connectivity index (χ3v) is 3.72. The van der Waals surface area contributed by atoms with Crippen molar-refractivity contribution in [2.24, 2.45) is 4.99 Å². The molecule has 0 fully saturated rings. The molecule has 0 spiro atoms. The van der Waals surface area contributed by atoms with Gasteiger partial charge in [-0.15, -0.1) is 11.8 Å². The van der Waals surface area contributed by atoms with Gasteiger partial charge in [0.25, 0.3) is 0 Å². The van der Waals surface area contributed by atoms with Crippen LogP contribution in [0.2, 0.25) is 0 Å². The number of pyridine rings is 1. The van der Waals surface area contributed by atoms with Crippen LogP contribution in [-0.2, 0) is 4.79 Å². The van der Waals surface area contributed by atoms with Gasteiger partial charge in [-0.25, -0.2) is 0 Å². The summed E-state index contributed by atoms with van der Waals surface area (Å²) in [7, 11) is 1.67. The molecule has 0 saturated carbocycles. The maximum atomic E-state index is 11.3. The zero-order chi connectivity index (χ0) is 15.2. The zero-order valence-corrected chi connectivity index (χ0v) is 12.6. The number of carbonyl (C=O) groups is 1. The van der Waals surface area contributed by atoms with E-state index in [1.165, 1.54) is 11.8 Å². The molecule has 0 bridgehead atoms. The van der Waals surface area contributed by atoms with Gasteiger partial charge < -0.3 is 5.11 Å². The highest BCUT2D eigenvalue weighted by Crippen LogP contribution is 2.36. The third kappa shape index (κ3) is 4.06. The molecule has 106 valence electrons. The van der Waals surface area contributed by atoms with E-state index in [0.29, 0.717) is 5.69 Å². The van der Waals surface area contributed by atoms with Crippen molar-refractivity contribution < 1.29 is 9.90 Å². The van der Waals surface area contributed by atoms with Crippen molar-refractivity contribution in [2.45, 2.75) is 23.5 Å². The van der Waals surface area contributed by atoms with Crippen molar-refractivity contribution >= 4 is 29.5 Å². The van der Waals surface area contributed by atoms with Gasteiger partial charge in [0.2, 0.25) is 0 Å². The number of carboxylic acids is 1. The Hall–Kier alpha value is -1.88. The molecule has 4 nitrogen and oxygen atoms in total. The van der Waals surface area contributed by atoms with Gasteiger partial charge in [-0.05, 0) is 26.0 Å². The molecule has 0 unspecified atom stereocenters. The Morgan fingerprint density at radius 2 is 2.25 bits per heavy atom. The van der Waals surface area contributed by atoms with Gasteiger partial charge in [-0.3, -0.25) is 14.8 Å². The number of allylic oxidation sites excluding steroid dienone is 3. The van der Waals surface area contributed by atoms with Crippen molar-refractivity contribution in [3.8, 4) is 0 Å². The van der Waals surface area contributed by atoms with E-state index < -0.39 is 10.7 Å². The number of aromatic nitrogens is 1. The lowest BCUT2D eigenvalue weighted by molar-refractivity contribution is -0.138. The summed E-state index contributed by atoms with van der Waals surface area (Å²) >= 11 is 1.26. The molecule has 0 radical (unpaired) electrons. The fourth-order valence-electron chi connectivity index (χ4n) is 1.46. The molecule has 0 atom stereocenters. The quantitative estimate of drug-likeness (QED) is 0.496. The second-order valence-electron chi connectivity index (χ2n) is 4.51. The number of rotatable bonds is 6. The predicted octanol–water partition coefficient (Wildman–Crippen LogP) is 3.31. The van der Waals surface area contributed by atoms with Crippen molar-refractivity contribution in [1.29, 1.82) is 0 Å². The number of thioether (sulfide) groups is 1. The van der Waals surface area contributed by atoms with Crippen LogP contribution >= 0.6 is 11.8 Å². The minimum atomic E-state index is -0.930. The van der Waals surface area contributed by atoms with Gasteiger partial charge in [0, 0.05) is 29.9 Å². The normalized spacial score (nSPS) is 12.7. The minimum Gasteiger partial charge on any atom is -0.480 e. The van der Waals surface area contributed by atoms with Gasteiger partial charge in [-0.1, -0.05) is 18.7 Å². The fourth-order valence-corrected chi connectivity index (χ4v) is 2.51. The SMILES string of the molecule is C=C/C=C(\C=NC)c1ncccc1SC(C)(C)C(=O)O. The zero-order valence-electron chi connectivity index (χ0n) is 11.8. The highest BCUT2D eigenvalue weighted by Gasteiger charge is 2.29. The molecule has 5 heteroatoms. The van der Waals surface area contributed by atoms with Crippen LogP contribution in [0.4, 0.5) is 0 Å². The lowest BCUT2D eigenvalue weighted by atomic mass is 10.1. The van der Waals surface area contributed by atoms with Crippen LogP contribution in [0.3, 0.4) is 0 Å². The second kappa shape index (κ2) is 7.05. The lowest BCUT2D eigenvalue weighted by Crippen LogP contribution is -2.27. The summed E-state index contributed by atoms with van der Waals surface area (Å²) in [5, 5.41) is 9.24. The van der Waals surface area contributed by atoms with Crippen molar-refractivity contribution in [1.82, 2.24) is 4.98 Å². The Labute approximate surface area is 123 Å². The first-order chi connectivity index (χ1) is 9.42. The van der Waals surface area contributed by atoms with Gasteiger partial charge in [0.15, 0.2) is 0 Å². The van der Waals surface area contributed by atoms with Gasteiger partial charge in [0.05, 0.1) is 5.69 Å². The third-order valence-electron chi connectivity index (χ3n) is 2.49. The minimum absolute atomic E-state index is 0.706. The fraction of sp³-hybridized carbons (Fsp3) is 0.267. The molecule has 0 aliphatic rings. The summed E-state index contributed by atoms with van der Waals surface area (Å²) in [6.07, 6.45) is 6.81. The average Bonchev–Trinajstić information content (AvgIpc) is 2.38. The molecule has 20 heavy (non-hydrogen) atoms. The average molecular weight is 290 g/mol. The van der Waals surface area contributed by atoms with E-state index in [4.69, 9.17) is 0 Å². The second-order valence-corrected chi connectivity index (χ2v) is 6.18. The lowest BCUT2D eigenvalue weighted by Gasteiger charge is -2.20. The molecule has 0 aliphatic heterocycles. The summed E-state index contributed by atoms with van der Waals surface area (Å²) in [5.41, 5.74) is 1.50. The molecule has 1 rings (SSSR count). The predicted molar refractivity (Wildman–Crippen MR) is 84.4 cm³/mol. The first kappa shape index (κ1) is 16.2. The van der Waals surface area contributed by atoms with E-state index >= 15 is 0 Å². The number of nitrogens with zero attached hydrogens (tertiary/aromatic N) is 2. The van der Waals surface area contributed by atoms with E-state index in [9.17, 15) is 9.90 Å². The van der Waals surface area contributed by atoms with Crippen LogP contribution in [0.25, 0.3) is 5.57 Å². The van der Waals surface area contributed by atoms with E-state index in [1.807, 2.05) is 6.07 Å². The standard InChI is InChI=1S/C15H18N2O2S/c1-5-7-11(10-16-4)13-12(8-6-9-17-13)20-15(2,3)14(18)19/h5-10H,1H2,2-4H3,(H,18,19)/b11-7+,16-10?. The summed E-state index contributed by atoms with van der Waals surface area (Å²) in [6.45, 7) is 7.01. The Morgan fingerprint density at radius 3 is 2.80 bits per heavy atom. The molecule has 0 aromatic carbocycles. The molecule has 1 N–H and O–H groups in total. The number of hydrogen-bond donors (Lipinski definition) is 1. The molecule has 1 aromatic heterocycles. The van der Waals surface area contributed by atoms with E-state index in [2.05, 4.69) is 16.6 Å². The Morgan fingerprint density at radius 1 is 1.55 bits per heavy atom. The van der Waals surface area contributed by atoms with E-state index in [0.717, 1.165) is 10.5 Å². The summed E-state index contributed by atoms with van der Waals surface area (Å²) in [5.74, 6) is -0.865. The number of aliphatic imine (C=N–C) groups is 1. The molecule has 0 aliphatic carbocycles. The molecular formula is C15H18N2O2S. The van der Waals surface area contributed by atoms with Crippen molar-refractivity contribution in [3.63, 3.8) is 0 Å². The molecule has 1 heterocycles. The topological polar surface area (TPSA) is 62.5 Å². The van der Waals surface area contributed by atoms with Crippen LogP contribution in [0.1, 0.15) is 19.5 Å². The van der Waals surface area contributed by atoms with Crippen molar-refractivity contribution in [3.05, 3.63) is 42.8 Å². The Kier molecular flexibility index (Phi) is 5.70. The number of hydrogen-bond acceptors (Lipinski definition) is 4. The largest absolute Gasteiger partial charge is 0.480 e. The highest BCUT2D eigenvalue weighted by molar-refractivity contribution is 8.01. The monoisotopic (exact) mass is 290 g/mol. The van der Waals surface area contributed by atoms with Gasteiger partial charge >= 0.3 is 5.97 Å². The summed E-state index contributed by atoms with van der Waals surface area (Å²) < 4.78 is -0.930. The smallest absolute Gasteiger partial charge is 0.319 e. The van der Waals surface area contributed by atoms with Crippen LogP contribution in [0.15, 0.2) is 46.9 Å². The first-order valence-electron chi connectivity index (χ1n) is 6.05. The van der Waals surface area contributed by atoms with Crippen molar-refractivity contribution in [2.75, 3.05) is 7.05 Å². The maximum absolute atomic E-state index is 11.3. The highest BCUT2D eigenvalue weighted by atomic mass is 32.2. The number of carboxylic acid groups (broad SMARTS) is 1. The van der Waals surface area contributed by atoms with E-state index in [1.54, 1.807) is 51.5 Å². The summed E-state index contributed by atoms with van der Waals surface area (Å²) in [6, 6.07) is 3.65. The molecule has 1 aromatic rings. The van der Waals surface area contributed by atoms with E-state index in [-0.39, 0.29) is 0 Å². The maximum Gasteiger partial charge on any atom is 0.319 e. The molecule has 0 saturated heterocycles.